The Hall–Kier alpha value is -3.72. The van der Waals surface area contributed by atoms with Gasteiger partial charge < -0.3 is 4.42 Å². The lowest BCUT2D eigenvalue weighted by atomic mass is 10.1. The first kappa shape index (κ1) is 15.2. The van der Waals surface area contributed by atoms with Gasteiger partial charge in [0.15, 0.2) is 0 Å². The number of pyridine rings is 1. The Labute approximate surface area is 138 Å². The number of nitrogens with zero attached hydrogens (tertiary/aromatic N) is 3. The molecule has 0 aliphatic heterocycles. The van der Waals surface area contributed by atoms with Crippen LogP contribution in [0.15, 0.2) is 70.3 Å². The molecule has 0 spiro atoms. The molecular weight excluding hydrogens is 304 g/mol. The molecule has 0 aliphatic rings. The number of nitrogens with one attached hydrogen (secondary N) is 1. The lowest BCUT2D eigenvalue weighted by molar-refractivity contribution is 0.0950. The van der Waals surface area contributed by atoms with Gasteiger partial charge in [-0.2, -0.15) is 10.4 Å². The molecule has 3 aromatic rings. The molecule has 116 valence electrons. The monoisotopic (exact) mass is 316 g/mol. The highest BCUT2D eigenvalue weighted by Crippen LogP contribution is 2.21. The molecule has 2 aromatic heterocycles. The molecule has 1 amide bonds. The van der Waals surface area contributed by atoms with Crippen molar-refractivity contribution in [1.29, 1.82) is 5.26 Å². The number of amides is 1. The molecule has 0 saturated carbocycles. The van der Waals surface area contributed by atoms with E-state index in [2.05, 4.69) is 21.6 Å². The number of aromatic nitrogens is 1. The minimum absolute atomic E-state index is 0.285. The van der Waals surface area contributed by atoms with Crippen molar-refractivity contribution in [2.45, 2.75) is 0 Å². The summed E-state index contributed by atoms with van der Waals surface area (Å²) in [6.45, 7) is 0. The first-order valence-corrected chi connectivity index (χ1v) is 7.11. The molecule has 0 unspecified atom stereocenters. The van der Waals surface area contributed by atoms with Gasteiger partial charge in [0.2, 0.25) is 0 Å². The number of rotatable bonds is 4. The zero-order valence-electron chi connectivity index (χ0n) is 12.5. The van der Waals surface area contributed by atoms with E-state index in [0.717, 1.165) is 5.56 Å². The highest BCUT2D eigenvalue weighted by molar-refractivity contribution is 5.92. The van der Waals surface area contributed by atoms with Crippen molar-refractivity contribution in [1.82, 2.24) is 10.4 Å². The molecule has 0 aliphatic carbocycles. The van der Waals surface area contributed by atoms with Gasteiger partial charge in [-0.25, -0.2) is 5.43 Å². The highest BCUT2D eigenvalue weighted by Gasteiger charge is 2.05. The lowest BCUT2D eigenvalue weighted by Gasteiger charge is -1.97. The molecule has 2 heterocycles. The molecule has 0 saturated heterocycles. The molecule has 3 rings (SSSR count). The van der Waals surface area contributed by atoms with E-state index in [0.29, 0.717) is 17.1 Å². The van der Waals surface area contributed by atoms with Crippen molar-refractivity contribution in [2.75, 3.05) is 0 Å². The van der Waals surface area contributed by atoms with Crippen LogP contribution in [0, 0.1) is 11.3 Å². The van der Waals surface area contributed by atoms with E-state index in [9.17, 15) is 4.79 Å². The van der Waals surface area contributed by atoms with E-state index in [1.807, 2.05) is 0 Å². The summed E-state index contributed by atoms with van der Waals surface area (Å²) in [7, 11) is 0. The van der Waals surface area contributed by atoms with Crippen LogP contribution in [-0.4, -0.2) is 17.1 Å². The fraction of sp³-hybridized carbons (Fsp3) is 0. The van der Waals surface area contributed by atoms with Gasteiger partial charge in [0.1, 0.15) is 17.2 Å². The van der Waals surface area contributed by atoms with Crippen LogP contribution >= 0.6 is 0 Å². The summed E-state index contributed by atoms with van der Waals surface area (Å²) < 4.78 is 5.63. The van der Waals surface area contributed by atoms with E-state index < -0.39 is 5.91 Å². The second-order valence-corrected chi connectivity index (χ2v) is 4.81. The second-order valence-electron chi connectivity index (χ2n) is 4.81. The standard InChI is InChI=1S/C18H12N4O2/c19-11-13-4-6-14(7-5-13)17-9-8-15(24-17)12-21-22-18(23)16-3-1-2-10-20-16/h1-10,12H,(H,22,23). The Morgan fingerprint density at radius 3 is 2.71 bits per heavy atom. The normalized spacial score (nSPS) is 10.5. The lowest BCUT2D eigenvalue weighted by Crippen LogP contribution is -2.18. The van der Waals surface area contributed by atoms with Crippen LogP contribution in [0.5, 0.6) is 0 Å². The third kappa shape index (κ3) is 3.54. The average Bonchev–Trinajstić information content (AvgIpc) is 3.11. The SMILES string of the molecule is N#Cc1ccc(-c2ccc(C=NNC(=O)c3ccccn3)o2)cc1. The summed E-state index contributed by atoms with van der Waals surface area (Å²) >= 11 is 0. The number of furan rings is 1. The summed E-state index contributed by atoms with van der Waals surface area (Å²) in [5, 5.41) is 12.6. The van der Waals surface area contributed by atoms with Crippen LogP contribution in [0.4, 0.5) is 0 Å². The van der Waals surface area contributed by atoms with Crippen molar-refractivity contribution < 1.29 is 9.21 Å². The minimum atomic E-state index is -0.397. The topological polar surface area (TPSA) is 91.3 Å². The first-order valence-electron chi connectivity index (χ1n) is 7.11. The summed E-state index contributed by atoms with van der Waals surface area (Å²) in [5.41, 5.74) is 4.11. The van der Waals surface area contributed by atoms with Crippen LogP contribution in [0.2, 0.25) is 0 Å². The predicted octanol–water partition coefficient (Wildman–Crippen LogP) is 2.98. The minimum Gasteiger partial charge on any atom is -0.455 e. The summed E-state index contributed by atoms with van der Waals surface area (Å²) in [5.74, 6) is 0.749. The highest BCUT2D eigenvalue weighted by atomic mass is 16.3. The second kappa shape index (κ2) is 7.03. The number of carbonyl (C=O) groups is 1. The van der Waals surface area contributed by atoms with Crippen LogP contribution in [0.1, 0.15) is 21.8 Å². The molecule has 6 heteroatoms. The third-order valence-electron chi connectivity index (χ3n) is 3.18. The maximum absolute atomic E-state index is 11.8. The molecule has 0 radical (unpaired) electrons. The van der Waals surface area contributed by atoms with Gasteiger partial charge in [0, 0.05) is 11.8 Å². The van der Waals surface area contributed by atoms with E-state index in [4.69, 9.17) is 9.68 Å². The Morgan fingerprint density at radius 1 is 1.17 bits per heavy atom. The molecular formula is C18H12N4O2. The van der Waals surface area contributed by atoms with Gasteiger partial charge >= 0.3 is 0 Å². The van der Waals surface area contributed by atoms with E-state index >= 15 is 0 Å². The first-order chi connectivity index (χ1) is 11.8. The number of nitriles is 1. The Kier molecular flexibility index (Phi) is 4.45. The van der Waals surface area contributed by atoms with Gasteiger partial charge in [-0.3, -0.25) is 9.78 Å². The van der Waals surface area contributed by atoms with Crippen molar-refractivity contribution in [3.05, 3.63) is 77.8 Å². The number of hydrazone groups is 1. The van der Waals surface area contributed by atoms with Gasteiger partial charge in [-0.05, 0) is 48.5 Å². The van der Waals surface area contributed by atoms with Crippen LogP contribution in [0.3, 0.4) is 0 Å². The van der Waals surface area contributed by atoms with Crippen molar-refractivity contribution in [3.63, 3.8) is 0 Å². The molecule has 6 nitrogen and oxygen atoms in total. The maximum Gasteiger partial charge on any atom is 0.289 e. The Balaban J connectivity index is 1.65. The fourth-order valence-electron chi connectivity index (χ4n) is 2.00. The number of hydrogen-bond acceptors (Lipinski definition) is 5. The zero-order chi connectivity index (χ0) is 16.8. The van der Waals surface area contributed by atoms with Crippen molar-refractivity contribution in [3.8, 4) is 17.4 Å². The van der Waals surface area contributed by atoms with Crippen LogP contribution in [0.25, 0.3) is 11.3 Å². The smallest absolute Gasteiger partial charge is 0.289 e. The molecule has 24 heavy (non-hydrogen) atoms. The molecule has 1 aromatic carbocycles. The van der Waals surface area contributed by atoms with Crippen LogP contribution < -0.4 is 5.43 Å². The molecule has 0 fully saturated rings. The largest absolute Gasteiger partial charge is 0.455 e. The van der Waals surface area contributed by atoms with Crippen molar-refractivity contribution >= 4 is 12.1 Å². The quantitative estimate of drug-likeness (QED) is 0.591. The average molecular weight is 316 g/mol. The third-order valence-corrected chi connectivity index (χ3v) is 3.18. The van der Waals surface area contributed by atoms with E-state index in [1.54, 1.807) is 54.6 Å². The Morgan fingerprint density at radius 2 is 2.00 bits per heavy atom. The van der Waals surface area contributed by atoms with Crippen LogP contribution in [-0.2, 0) is 0 Å². The molecule has 0 bridgehead atoms. The molecule has 1 N–H and O–H groups in total. The van der Waals surface area contributed by atoms with Crippen molar-refractivity contribution in [2.24, 2.45) is 5.10 Å². The predicted molar refractivity (Wildman–Crippen MR) is 88.2 cm³/mol. The number of benzene rings is 1. The van der Waals surface area contributed by atoms with Gasteiger partial charge in [-0.1, -0.05) is 6.07 Å². The summed E-state index contributed by atoms with van der Waals surface area (Å²) in [4.78, 5) is 15.7. The fourth-order valence-corrected chi connectivity index (χ4v) is 2.00. The maximum atomic E-state index is 11.8. The number of carbonyl (C=O) groups excluding carboxylic acids is 1. The Bertz CT molecular complexity index is 906. The number of hydrogen-bond donors (Lipinski definition) is 1. The van der Waals surface area contributed by atoms with E-state index in [1.165, 1.54) is 12.4 Å². The summed E-state index contributed by atoms with van der Waals surface area (Å²) in [6, 6.07) is 17.7. The molecule has 0 atom stereocenters. The van der Waals surface area contributed by atoms with Gasteiger partial charge in [-0.15, -0.1) is 0 Å². The van der Waals surface area contributed by atoms with Gasteiger partial charge in [0.25, 0.3) is 5.91 Å². The zero-order valence-corrected chi connectivity index (χ0v) is 12.5. The summed E-state index contributed by atoms with van der Waals surface area (Å²) in [6.07, 6.45) is 2.95. The van der Waals surface area contributed by atoms with E-state index in [-0.39, 0.29) is 5.69 Å². The van der Waals surface area contributed by atoms with Gasteiger partial charge in [0.05, 0.1) is 17.8 Å².